The summed E-state index contributed by atoms with van der Waals surface area (Å²) in [5.74, 6) is 2.33. The van der Waals surface area contributed by atoms with E-state index in [1.807, 2.05) is 13.0 Å². The number of nitrogens with two attached hydrogens (primary N) is 1. The number of nitrogens with zero attached hydrogens (tertiary/aromatic N) is 3. The average molecular weight is 220 g/mol. The van der Waals surface area contributed by atoms with Gasteiger partial charge >= 0.3 is 0 Å². The molecule has 1 atom stereocenters. The largest absolute Gasteiger partial charge is 0.384 e. The molecule has 0 aromatic carbocycles. The van der Waals surface area contributed by atoms with Crippen LogP contribution in [-0.2, 0) is 0 Å². The topological polar surface area (TPSA) is 55.0 Å². The van der Waals surface area contributed by atoms with Crippen LogP contribution >= 0.6 is 0 Å². The number of nitrogen functional groups attached to an aromatic ring is 1. The van der Waals surface area contributed by atoms with Crippen LogP contribution in [0.5, 0.6) is 0 Å². The Labute approximate surface area is 96.9 Å². The minimum atomic E-state index is 0.572. The van der Waals surface area contributed by atoms with Gasteiger partial charge in [0.25, 0.3) is 0 Å². The Morgan fingerprint density at radius 2 is 2.25 bits per heavy atom. The summed E-state index contributed by atoms with van der Waals surface area (Å²) in [5, 5.41) is 0. The summed E-state index contributed by atoms with van der Waals surface area (Å²) >= 11 is 0. The van der Waals surface area contributed by atoms with Gasteiger partial charge in [0.15, 0.2) is 0 Å². The first-order valence-electron chi connectivity index (χ1n) is 6.08. The first-order valence-corrected chi connectivity index (χ1v) is 6.08. The van der Waals surface area contributed by atoms with Crippen LogP contribution in [-0.4, -0.2) is 22.6 Å². The van der Waals surface area contributed by atoms with Gasteiger partial charge in [0.05, 0.1) is 0 Å². The molecule has 1 aromatic rings. The predicted octanol–water partition coefficient (Wildman–Crippen LogP) is 2.14. The smallest absolute Gasteiger partial charge is 0.134 e. The zero-order chi connectivity index (χ0) is 11.5. The second-order valence-electron chi connectivity index (χ2n) is 4.45. The molecule has 1 aromatic heterocycles. The predicted molar refractivity (Wildman–Crippen MR) is 66.5 cm³/mol. The van der Waals surface area contributed by atoms with Crippen molar-refractivity contribution in [3.8, 4) is 0 Å². The molecule has 1 unspecified atom stereocenters. The van der Waals surface area contributed by atoms with Crippen molar-refractivity contribution in [3.63, 3.8) is 0 Å². The molecule has 1 fully saturated rings. The van der Waals surface area contributed by atoms with E-state index in [4.69, 9.17) is 5.73 Å². The van der Waals surface area contributed by atoms with Gasteiger partial charge in [0.1, 0.15) is 17.5 Å². The molecule has 1 aliphatic rings. The second-order valence-corrected chi connectivity index (χ2v) is 4.45. The molecule has 88 valence electrons. The Balaban J connectivity index is 2.26. The summed E-state index contributed by atoms with van der Waals surface area (Å²) in [6, 6.07) is 2.50. The van der Waals surface area contributed by atoms with Crippen LogP contribution in [0.25, 0.3) is 0 Å². The fourth-order valence-corrected chi connectivity index (χ4v) is 2.45. The maximum absolute atomic E-state index is 5.78. The molecule has 0 saturated carbocycles. The highest BCUT2D eigenvalue weighted by Gasteiger charge is 2.22. The van der Waals surface area contributed by atoms with E-state index < -0.39 is 0 Å². The minimum absolute atomic E-state index is 0.572. The first kappa shape index (κ1) is 11.2. The Morgan fingerprint density at radius 1 is 1.44 bits per heavy atom. The molecule has 4 nitrogen and oxygen atoms in total. The highest BCUT2D eigenvalue weighted by atomic mass is 15.2. The highest BCUT2D eigenvalue weighted by Crippen LogP contribution is 2.25. The molecule has 1 aliphatic heterocycles. The molecule has 2 rings (SSSR count). The number of aromatic nitrogens is 2. The zero-order valence-electron chi connectivity index (χ0n) is 10.1. The van der Waals surface area contributed by atoms with Crippen LogP contribution in [0.3, 0.4) is 0 Å². The molecule has 2 N–H and O–H groups in total. The van der Waals surface area contributed by atoms with Crippen LogP contribution in [0.15, 0.2) is 6.07 Å². The Hall–Kier alpha value is -1.32. The summed E-state index contributed by atoms with van der Waals surface area (Å²) in [6.45, 7) is 5.22. The lowest BCUT2D eigenvalue weighted by molar-refractivity contribution is 0.446. The van der Waals surface area contributed by atoms with Crippen molar-refractivity contribution in [1.29, 1.82) is 0 Å². The molecule has 0 amide bonds. The molecule has 1 saturated heterocycles. The van der Waals surface area contributed by atoms with E-state index in [0.717, 1.165) is 18.2 Å². The SMILES string of the molecule is CCC1CCCCN1c1cc(N)nc(C)n1. The number of hydrogen-bond acceptors (Lipinski definition) is 4. The fourth-order valence-electron chi connectivity index (χ4n) is 2.45. The van der Waals surface area contributed by atoms with Crippen LogP contribution in [0.4, 0.5) is 11.6 Å². The number of aryl methyl sites for hydroxylation is 1. The maximum Gasteiger partial charge on any atom is 0.134 e. The van der Waals surface area contributed by atoms with E-state index in [1.54, 1.807) is 0 Å². The zero-order valence-corrected chi connectivity index (χ0v) is 10.1. The molecule has 2 heterocycles. The van der Waals surface area contributed by atoms with Crippen molar-refractivity contribution in [2.75, 3.05) is 17.2 Å². The van der Waals surface area contributed by atoms with Gasteiger partial charge in [-0.1, -0.05) is 6.92 Å². The van der Waals surface area contributed by atoms with Gasteiger partial charge in [0.2, 0.25) is 0 Å². The highest BCUT2D eigenvalue weighted by molar-refractivity contribution is 5.48. The van der Waals surface area contributed by atoms with Gasteiger partial charge < -0.3 is 10.6 Å². The third kappa shape index (κ3) is 2.26. The Kier molecular flexibility index (Phi) is 3.27. The summed E-state index contributed by atoms with van der Waals surface area (Å²) < 4.78 is 0. The van der Waals surface area contributed by atoms with E-state index >= 15 is 0 Å². The van der Waals surface area contributed by atoms with Crippen LogP contribution in [0.2, 0.25) is 0 Å². The lowest BCUT2D eigenvalue weighted by Crippen LogP contribution is -2.39. The lowest BCUT2D eigenvalue weighted by Gasteiger charge is -2.36. The normalized spacial score (nSPS) is 21.1. The van der Waals surface area contributed by atoms with E-state index in [0.29, 0.717) is 11.9 Å². The summed E-state index contributed by atoms with van der Waals surface area (Å²) in [7, 11) is 0. The summed E-state index contributed by atoms with van der Waals surface area (Å²) in [4.78, 5) is 11.0. The maximum atomic E-state index is 5.78. The third-order valence-electron chi connectivity index (χ3n) is 3.24. The monoisotopic (exact) mass is 220 g/mol. The fraction of sp³-hybridized carbons (Fsp3) is 0.667. The van der Waals surface area contributed by atoms with Gasteiger partial charge in [-0.15, -0.1) is 0 Å². The van der Waals surface area contributed by atoms with Crippen molar-refractivity contribution in [2.24, 2.45) is 0 Å². The molecule has 0 spiro atoms. The number of piperidine rings is 1. The van der Waals surface area contributed by atoms with E-state index in [9.17, 15) is 0 Å². The number of hydrogen-bond donors (Lipinski definition) is 1. The van der Waals surface area contributed by atoms with Crippen LogP contribution in [0, 0.1) is 6.92 Å². The third-order valence-corrected chi connectivity index (χ3v) is 3.24. The molecule has 4 heteroatoms. The molecule has 0 bridgehead atoms. The van der Waals surface area contributed by atoms with Crippen molar-refractivity contribution < 1.29 is 0 Å². The lowest BCUT2D eigenvalue weighted by atomic mass is 10.00. The second kappa shape index (κ2) is 4.68. The summed E-state index contributed by atoms with van der Waals surface area (Å²) in [6.07, 6.45) is 5.01. The van der Waals surface area contributed by atoms with Crippen molar-refractivity contribution in [3.05, 3.63) is 11.9 Å². The number of rotatable bonds is 2. The molecular formula is C12H20N4. The average Bonchev–Trinajstić information content (AvgIpc) is 2.27. The number of anilines is 2. The van der Waals surface area contributed by atoms with Crippen LogP contribution in [0.1, 0.15) is 38.4 Å². The molecule has 16 heavy (non-hydrogen) atoms. The molecule has 0 radical (unpaired) electrons. The van der Waals surface area contributed by atoms with E-state index in [2.05, 4.69) is 21.8 Å². The van der Waals surface area contributed by atoms with Gasteiger partial charge in [0, 0.05) is 18.7 Å². The quantitative estimate of drug-likeness (QED) is 0.829. The standard InChI is InChI=1S/C12H20N4/c1-3-10-6-4-5-7-16(10)12-8-11(13)14-9(2)15-12/h8,10H,3-7H2,1-2H3,(H2,13,14,15). The van der Waals surface area contributed by atoms with Gasteiger partial charge in [-0.25, -0.2) is 9.97 Å². The van der Waals surface area contributed by atoms with Gasteiger partial charge in [-0.3, -0.25) is 0 Å². The first-order chi connectivity index (χ1) is 7.70. The van der Waals surface area contributed by atoms with Crippen molar-refractivity contribution >= 4 is 11.6 Å². The van der Waals surface area contributed by atoms with E-state index in [-0.39, 0.29) is 0 Å². The van der Waals surface area contributed by atoms with Crippen LogP contribution < -0.4 is 10.6 Å². The minimum Gasteiger partial charge on any atom is -0.384 e. The molecule has 0 aliphatic carbocycles. The Morgan fingerprint density at radius 3 is 2.94 bits per heavy atom. The summed E-state index contributed by atoms with van der Waals surface area (Å²) in [5.41, 5.74) is 5.78. The Bertz CT molecular complexity index is 344. The van der Waals surface area contributed by atoms with Gasteiger partial charge in [-0.05, 0) is 32.6 Å². The van der Waals surface area contributed by atoms with E-state index in [1.165, 1.54) is 25.7 Å². The van der Waals surface area contributed by atoms with Crippen molar-refractivity contribution in [2.45, 2.75) is 45.6 Å². The molecular weight excluding hydrogens is 200 g/mol. The van der Waals surface area contributed by atoms with Gasteiger partial charge in [-0.2, -0.15) is 0 Å². The van der Waals surface area contributed by atoms with Crippen molar-refractivity contribution in [1.82, 2.24) is 9.97 Å².